The smallest absolute Gasteiger partial charge is 0.185 e. The summed E-state index contributed by atoms with van der Waals surface area (Å²) >= 11 is 0. The quantitative estimate of drug-likeness (QED) is 0.528. The fourth-order valence-electron chi connectivity index (χ4n) is 2.95. The van der Waals surface area contributed by atoms with Crippen LogP contribution in [-0.4, -0.2) is 27.8 Å². The first kappa shape index (κ1) is 18.5. The number of nitrogens with zero attached hydrogens (tertiary/aromatic N) is 2. The summed E-state index contributed by atoms with van der Waals surface area (Å²) in [4.78, 5) is 12.3. The van der Waals surface area contributed by atoms with Crippen molar-refractivity contribution >= 4 is 11.9 Å². The van der Waals surface area contributed by atoms with Gasteiger partial charge in [-0.15, -0.1) is 0 Å². The number of phenolic OH excluding ortho intramolecular Hbond substituents is 1. The summed E-state index contributed by atoms with van der Waals surface area (Å²) in [6, 6.07) is 14.1. The number of carbonyl (C=O) groups is 1. The molecule has 0 atom stereocenters. The summed E-state index contributed by atoms with van der Waals surface area (Å²) in [7, 11) is 1.64. The van der Waals surface area contributed by atoms with E-state index in [1.807, 2.05) is 42.8 Å². The van der Waals surface area contributed by atoms with Crippen LogP contribution in [0.5, 0.6) is 11.5 Å². The van der Waals surface area contributed by atoms with E-state index in [2.05, 4.69) is 5.10 Å². The van der Waals surface area contributed by atoms with Gasteiger partial charge in [0.05, 0.1) is 19.3 Å². The van der Waals surface area contributed by atoms with Gasteiger partial charge in [-0.05, 0) is 55.8 Å². The van der Waals surface area contributed by atoms with E-state index in [1.54, 1.807) is 25.3 Å². The van der Waals surface area contributed by atoms with Crippen molar-refractivity contribution in [2.45, 2.75) is 20.4 Å². The number of hydrogen-bond donors (Lipinski definition) is 1. The van der Waals surface area contributed by atoms with Gasteiger partial charge in [-0.1, -0.05) is 24.3 Å². The van der Waals surface area contributed by atoms with E-state index in [0.29, 0.717) is 12.1 Å². The second-order valence-electron chi connectivity index (χ2n) is 6.40. The van der Waals surface area contributed by atoms with Crippen LogP contribution in [0.15, 0.2) is 54.6 Å². The molecule has 0 fully saturated rings. The molecule has 1 N–H and O–H groups in total. The summed E-state index contributed by atoms with van der Waals surface area (Å²) in [5, 5.41) is 14.0. The summed E-state index contributed by atoms with van der Waals surface area (Å²) in [5.41, 5.74) is 4.37. The molecule has 2 aromatic carbocycles. The Kier molecular flexibility index (Phi) is 5.41. The predicted molar refractivity (Wildman–Crippen MR) is 105 cm³/mol. The maximum Gasteiger partial charge on any atom is 0.185 e. The van der Waals surface area contributed by atoms with Gasteiger partial charge in [0.25, 0.3) is 0 Å². The maximum atomic E-state index is 12.3. The highest BCUT2D eigenvalue weighted by Crippen LogP contribution is 2.22. The minimum atomic E-state index is -0.165. The second kappa shape index (κ2) is 7.91. The number of phenols is 1. The van der Waals surface area contributed by atoms with Crippen LogP contribution in [0, 0.1) is 13.8 Å². The van der Waals surface area contributed by atoms with Crippen LogP contribution in [0.25, 0.3) is 6.08 Å². The molecule has 0 saturated carbocycles. The number of carbonyl (C=O) groups excluding carboxylic acids is 1. The number of methoxy groups -OCH3 is 1. The number of ether oxygens (including phenoxy) is 1. The van der Waals surface area contributed by atoms with Crippen molar-refractivity contribution in [3.63, 3.8) is 0 Å². The SMILES string of the molecule is COc1ccc(/C=C/C(=O)c2cccc(O)c2)cc1Cn1nc(C)cc1C. The molecule has 5 heteroatoms. The zero-order valence-electron chi connectivity index (χ0n) is 15.6. The van der Waals surface area contributed by atoms with Gasteiger partial charge in [-0.25, -0.2) is 0 Å². The maximum absolute atomic E-state index is 12.3. The highest BCUT2D eigenvalue weighted by atomic mass is 16.5. The molecule has 1 heterocycles. The van der Waals surface area contributed by atoms with Crippen LogP contribution >= 0.6 is 0 Å². The van der Waals surface area contributed by atoms with Crippen LogP contribution in [0.3, 0.4) is 0 Å². The van der Waals surface area contributed by atoms with Gasteiger partial charge < -0.3 is 9.84 Å². The van der Waals surface area contributed by atoms with Gasteiger partial charge >= 0.3 is 0 Å². The fraction of sp³-hybridized carbons (Fsp3) is 0.182. The first-order valence-electron chi connectivity index (χ1n) is 8.65. The zero-order valence-corrected chi connectivity index (χ0v) is 15.6. The molecule has 0 aliphatic carbocycles. The van der Waals surface area contributed by atoms with E-state index >= 15 is 0 Å². The number of aromatic nitrogens is 2. The molecular formula is C22H22N2O3. The van der Waals surface area contributed by atoms with Crippen LogP contribution < -0.4 is 4.74 Å². The summed E-state index contributed by atoms with van der Waals surface area (Å²) in [6.07, 6.45) is 3.26. The molecule has 5 nitrogen and oxygen atoms in total. The lowest BCUT2D eigenvalue weighted by molar-refractivity contribution is 0.104. The van der Waals surface area contributed by atoms with Gasteiger partial charge in [0.1, 0.15) is 11.5 Å². The van der Waals surface area contributed by atoms with Crippen molar-refractivity contribution in [2.24, 2.45) is 0 Å². The number of hydrogen-bond acceptors (Lipinski definition) is 4. The van der Waals surface area contributed by atoms with Crippen LogP contribution in [-0.2, 0) is 6.54 Å². The Labute approximate surface area is 158 Å². The summed E-state index contributed by atoms with van der Waals surface area (Å²) in [5.74, 6) is 0.687. The summed E-state index contributed by atoms with van der Waals surface area (Å²) in [6.45, 7) is 4.57. The molecule has 0 aliphatic heterocycles. The van der Waals surface area contributed by atoms with Gasteiger partial charge in [-0.2, -0.15) is 5.10 Å². The molecule has 1 aromatic heterocycles. The highest BCUT2D eigenvalue weighted by molar-refractivity contribution is 6.07. The Morgan fingerprint density at radius 3 is 2.67 bits per heavy atom. The van der Waals surface area contributed by atoms with E-state index in [9.17, 15) is 9.90 Å². The van der Waals surface area contributed by atoms with Gasteiger partial charge in [0.2, 0.25) is 0 Å². The molecule has 0 radical (unpaired) electrons. The lowest BCUT2D eigenvalue weighted by Crippen LogP contribution is -2.05. The predicted octanol–water partition coefficient (Wildman–Crippen LogP) is 4.16. The Hall–Kier alpha value is -3.34. The zero-order chi connectivity index (χ0) is 19.4. The lowest BCUT2D eigenvalue weighted by Gasteiger charge is -2.11. The number of aryl methyl sites for hydroxylation is 2. The molecular weight excluding hydrogens is 340 g/mol. The van der Waals surface area contributed by atoms with Crippen molar-refractivity contribution < 1.29 is 14.6 Å². The Balaban J connectivity index is 1.84. The molecule has 0 saturated heterocycles. The third kappa shape index (κ3) is 4.44. The monoisotopic (exact) mass is 362 g/mol. The normalized spacial score (nSPS) is 11.1. The van der Waals surface area contributed by atoms with Crippen LogP contribution in [0.4, 0.5) is 0 Å². The van der Waals surface area contributed by atoms with E-state index in [4.69, 9.17) is 4.74 Å². The summed E-state index contributed by atoms with van der Waals surface area (Å²) < 4.78 is 7.40. The molecule has 138 valence electrons. The average molecular weight is 362 g/mol. The Bertz CT molecular complexity index is 1000. The first-order chi connectivity index (χ1) is 13.0. The van der Waals surface area contributed by atoms with Crippen LogP contribution in [0.1, 0.15) is 32.9 Å². The molecule has 27 heavy (non-hydrogen) atoms. The third-order valence-corrected chi connectivity index (χ3v) is 4.29. The largest absolute Gasteiger partial charge is 0.508 e. The van der Waals surface area contributed by atoms with E-state index < -0.39 is 0 Å². The molecule has 3 aromatic rings. The highest BCUT2D eigenvalue weighted by Gasteiger charge is 2.08. The number of aromatic hydroxyl groups is 1. The van der Waals surface area contributed by atoms with Crippen molar-refractivity contribution in [2.75, 3.05) is 7.11 Å². The number of rotatable bonds is 6. The topological polar surface area (TPSA) is 64.3 Å². The van der Waals surface area contributed by atoms with Gasteiger partial charge in [0, 0.05) is 16.8 Å². The van der Waals surface area contributed by atoms with Crippen molar-refractivity contribution in [3.05, 3.63) is 82.7 Å². The number of benzene rings is 2. The third-order valence-electron chi connectivity index (χ3n) is 4.29. The van der Waals surface area contributed by atoms with Crippen molar-refractivity contribution in [1.82, 2.24) is 9.78 Å². The lowest BCUT2D eigenvalue weighted by atomic mass is 10.1. The minimum Gasteiger partial charge on any atom is -0.508 e. The molecule has 0 aliphatic rings. The van der Waals surface area contributed by atoms with Crippen molar-refractivity contribution in [1.29, 1.82) is 0 Å². The van der Waals surface area contributed by atoms with E-state index in [1.165, 1.54) is 18.2 Å². The van der Waals surface area contributed by atoms with E-state index in [0.717, 1.165) is 28.3 Å². The van der Waals surface area contributed by atoms with Gasteiger partial charge in [0.15, 0.2) is 5.78 Å². The Morgan fingerprint density at radius 2 is 2.00 bits per heavy atom. The molecule has 0 unspecified atom stereocenters. The van der Waals surface area contributed by atoms with Crippen LogP contribution in [0.2, 0.25) is 0 Å². The second-order valence-corrected chi connectivity index (χ2v) is 6.40. The Morgan fingerprint density at radius 1 is 1.19 bits per heavy atom. The fourth-order valence-corrected chi connectivity index (χ4v) is 2.95. The molecule has 0 bridgehead atoms. The number of ketones is 1. The molecule has 0 amide bonds. The number of allylic oxidation sites excluding steroid dienone is 1. The molecule has 3 rings (SSSR count). The van der Waals surface area contributed by atoms with E-state index in [-0.39, 0.29) is 11.5 Å². The standard InChI is InChI=1S/C22H22N2O3/c1-15-11-16(2)24(23-15)14-19-12-17(8-10-22(19)27-3)7-9-21(26)18-5-4-6-20(25)13-18/h4-13,25H,14H2,1-3H3/b9-7+. The van der Waals surface area contributed by atoms with Gasteiger partial charge in [-0.3, -0.25) is 9.48 Å². The molecule has 0 spiro atoms. The first-order valence-corrected chi connectivity index (χ1v) is 8.65. The van der Waals surface area contributed by atoms with Crippen molar-refractivity contribution in [3.8, 4) is 11.5 Å². The minimum absolute atomic E-state index is 0.0749. The average Bonchev–Trinajstić information content (AvgIpc) is 2.97.